The molecule has 0 unspecified atom stereocenters. The number of hydrogen-bond acceptors (Lipinski definition) is 4. The number of nitrogens with zero attached hydrogens (tertiary/aromatic N) is 2. The average molecular weight is 202 g/mol. The Balaban J connectivity index is 0.000000845. The van der Waals surface area contributed by atoms with Crippen molar-refractivity contribution in [3.05, 3.63) is 18.5 Å². The third-order valence-electron chi connectivity index (χ3n) is 1.95. The van der Waals surface area contributed by atoms with Crippen LogP contribution in [0.2, 0.25) is 0 Å². The van der Waals surface area contributed by atoms with Crippen LogP contribution >= 0.6 is 12.4 Å². The van der Waals surface area contributed by atoms with Crippen LogP contribution in [-0.4, -0.2) is 22.1 Å². The van der Waals surface area contributed by atoms with Crippen LogP contribution in [0.5, 0.6) is 6.01 Å². The van der Waals surface area contributed by atoms with E-state index >= 15 is 0 Å². The first kappa shape index (κ1) is 10.2. The van der Waals surface area contributed by atoms with Crippen molar-refractivity contribution in [3.8, 4) is 6.01 Å². The number of ether oxygens (including phenoxy) is 1. The molecule has 0 amide bonds. The summed E-state index contributed by atoms with van der Waals surface area (Å²) in [6, 6.07) is 2.52. The summed E-state index contributed by atoms with van der Waals surface area (Å²) >= 11 is 0. The van der Waals surface area contributed by atoms with Gasteiger partial charge in [0, 0.05) is 18.4 Å². The van der Waals surface area contributed by atoms with Crippen LogP contribution in [0.1, 0.15) is 12.8 Å². The SMILES string of the molecule is Cl.NC1CC(Oc2ncccn2)C1. The molecule has 0 aliphatic heterocycles. The highest BCUT2D eigenvalue weighted by Gasteiger charge is 2.28. The number of halogens is 1. The molecule has 0 bridgehead atoms. The highest BCUT2D eigenvalue weighted by atomic mass is 35.5. The first-order valence-electron chi connectivity index (χ1n) is 4.04. The zero-order valence-corrected chi connectivity index (χ0v) is 7.91. The third-order valence-corrected chi connectivity index (χ3v) is 1.95. The monoisotopic (exact) mass is 201 g/mol. The second kappa shape index (κ2) is 4.39. The fourth-order valence-electron chi connectivity index (χ4n) is 1.20. The molecule has 1 aromatic rings. The van der Waals surface area contributed by atoms with Gasteiger partial charge in [-0.15, -0.1) is 12.4 Å². The van der Waals surface area contributed by atoms with Crippen molar-refractivity contribution in [1.29, 1.82) is 0 Å². The number of nitrogens with two attached hydrogens (primary N) is 1. The van der Waals surface area contributed by atoms with Crippen molar-refractivity contribution >= 4 is 12.4 Å². The molecule has 1 saturated carbocycles. The normalized spacial score (nSPS) is 25.6. The summed E-state index contributed by atoms with van der Waals surface area (Å²) in [6.07, 6.45) is 5.39. The quantitative estimate of drug-likeness (QED) is 0.768. The molecule has 0 atom stereocenters. The smallest absolute Gasteiger partial charge is 0.316 e. The molecule has 2 rings (SSSR count). The van der Waals surface area contributed by atoms with Crippen molar-refractivity contribution in [2.75, 3.05) is 0 Å². The van der Waals surface area contributed by atoms with E-state index in [1.807, 2.05) is 0 Å². The first-order chi connectivity index (χ1) is 5.84. The fourth-order valence-corrected chi connectivity index (χ4v) is 1.20. The van der Waals surface area contributed by atoms with Crippen LogP contribution in [0.3, 0.4) is 0 Å². The molecule has 1 fully saturated rings. The van der Waals surface area contributed by atoms with Gasteiger partial charge in [0.15, 0.2) is 0 Å². The number of rotatable bonds is 2. The molecule has 1 aliphatic carbocycles. The van der Waals surface area contributed by atoms with Gasteiger partial charge in [-0.2, -0.15) is 0 Å². The van der Waals surface area contributed by atoms with Gasteiger partial charge in [-0.1, -0.05) is 0 Å². The van der Waals surface area contributed by atoms with Gasteiger partial charge in [-0.25, -0.2) is 9.97 Å². The van der Waals surface area contributed by atoms with E-state index in [1.54, 1.807) is 18.5 Å². The summed E-state index contributed by atoms with van der Waals surface area (Å²) in [5, 5.41) is 0. The van der Waals surface area contributed by atoms with E-state index in [0.29, 0.717) is 12.1 Å². The van der Waals surface area contributed by atoms with Crippen molar-refractivity contribution in [2.24, 2.45) is 5.73 Å². The Morgan fingerprint density at radius 2 is 1.92 bits per heavy atom. The van der Waals surface area contributed by atoms with Crippen molar-refractivity contribution in [2.45, 2.75) is 25.0 Å². The van der Waals surface area contributed by atoms with Gasteiger partial charge in [0.25, 0.3) is 0 Å². The second-order valence-electron chi connectivity index (χ2n) is 3.00. The highest BCUT2D eigenvalue weighted by molar-refractivity contribution is 5.85. The Kier molecular flexibility index (Phi) is 3.45. The molecular weight excluding hydrogens is 190 g/mol. The van der Waals surface area contributed by atoms with Gasteiger partial charge in [0.2, 0.25) is 0 Å². The van der Waals surface area contributed by atoms with Crippen molar-refractivity contribution in [1.82, 2.24) is 9.97 Å². The van der Waals surface area contributed by atoms with Crippen LogP contribution in [0.15, 0.2) is 18.5 Å². The molecule has 2 N–H and O–H groups in total. The summed E-state index contributed by atoms with van der Waals surface area (Å²) < 4.78 is 5.42. The molecule has 72 valence electrons. The van der Waals surface area contributed by atoms with Gasteiger partial charge >= 0.3 is 6.01 Å². The predicted octanol–water partition coefficient (Wildman–Crippen LogP) is 0.767. The van der Waals surface area contributed by atoms with Crippen LogP contribution in [-0.2, 0) is 0 Å². The molecule has 1 aliphatic rings. The summed E-state index contributed by atoms with van der Waals surface area (Å²) in [6.45, 7) is 0. The minimum atomic E-state index is 0. The molecule has 0 spiro atoms. The van der Waals surface area contributed by atoms with Gasteiger partial charge in [0.05, 0.1) is 0 Å². The maximum Gasteiger partial charge on any atom is 0.316 e. The zero-order valence-electron chi connectivity index (χ0n) is 7.09. The molecule has 1 aromatic heterocycles. The summed E-state index contributed by atoms with van der Waals surface area (Å²) in [7, 11) is 0. The first-order valence-corrected chi connectivity index (χ1v) is 4.04. The van der Waals surface area contributed by atoms with E-state index in [4.69, 9.17) is 10.5 Å². The van der Waals surface area contributed by atoms with E-state index in [0.717, 1.165) is 12.8 Å². The standard InChI is InChI=1S/C8H11N3O.ClH/c9-6-4-7(5-6)12-8-10-2-1-3-11-8;/h1-3,6-7H,4-5,9H2;1H. The molecule has 0 aromatic carbocycles. The average Bonchev–Trinajstić information content (AvgIpc) is 2.04. The maximum atomic E-state index is 5.60. The minimum Gasteiger partial charge on any atom is -0.460 e. The Labute approximate surface area is 82.9 Å². The van der Waals surface area contributed by atoms with Crippen LogP contribution in [0.25, 0.3) is 0 Å². The van der Waals surface area contributed by atoms with E-state index in [1.165, 1.54) is 0 Å². The Morgan fingerprint density at radius 3 is 2.46 bits per heavy atom. The Morgan fingerprint density at radius 1 is 1.31 bits per heavy atom. The molecule has 1 heterocycles. The fraction of sp³-hybridized carbons (Fsp3) is 0.500. The summed E-state index contributed by atoms with van der Waals surface area (Å²) in [5.74, 6) is 0. The Bertz CT molecular complexity index is 251. The van der Waals surface area contributed by atoms with Gasteiger partial charge < -0.3 is 10.5 Å². The lowest BCUT2D eigenvalue weighted by Gasteiger charge is -2.31. The van der Waals surface area contributed by atoms with Crippen LogP contribution < -0.4 is 10.5 Å². The van der Waals surface area contributed by atoms with Gasteiger partial charge in [-0.3, -0.25) is 0 Å². The lowest BCUT2D eigenvalue weighted by molar-refractivity contribution is 0.0904. The van der Waals surface area contributed by atoms with E-state index < -0.39 is 0 Å². The van der Waals surface area contributed by atoms with Crippen LogP contribution in [0, 0.1) is 0 Å². The number of aromatic nitrogens is 2. The molecule has 13 heavy (non-hydrogen) atoms. The van der Waals surface area contributed by atoms with Crippen molar-refractivity contribution in [3.63, 3.8) is 0 Å². The lowest BCUT2D eigenvalue weighted by atomic mass is 9.90. The molecule has 0 saturated heterocycles. The maximum absolute atomic E-state index is 5.60. The van der Waals surface area contributed by atoms with E-state index in [9.17, 15) is 0 Å². The zero-order chi connectivity index (χ0) is 8.39. The number of hydrogen-bond donors (Lipinski definition) is 1. The minimum absolute atomic E-state index is 0. The van der Waals surface area contributed by atoms with Crippen molar-refractivity contribution < 1.29 is 4.74 Å². The highest BCUT2D eigenvalue weighted by Crippen LogP contribution is 2.21. The lowest BCUT2D eigenvalue weighted by Crippen LogP contribution is -2.43. The summed E-state index contributed by atoms with van der Waals surface area (Å²) in [5.41, 5.74) is 5.60. The van der Waals surface area contributed by atoms with Gasteiger partial charge in [0.1, 0.15) is 6.10 Å². The molecule has 0 radical (unpaired) electrons. The Hall–Kier alpha value is -0.870. The molecular formula is C8H12ClN3O. The third kappa shape index (κ3) is 2.54. The molecule has 5 heteroatoms. The summed E-state index contributed by atoms with van der Waals surface area (Å²) in [4.78, 5) is 7.90. The molecule has 4 nitrogen and oxygen atoms in total. The van der Waals surface area contributed by atoms with Gasteiger partial charge in [-0.05, 0) is 18.9 Å². The second-order valence-corrected chi connectivity index (χ2v) is 3.00. The van der Waals surface area contributed by atoms with Crippen LogP contribution in [0.4, 0.5) is 0 Å². The predicted molar refractivity (Wildman–Crippen MR) is 50.9 cm³/mol. The van der Waals surface area contributed by atoms with E-state index in [-0.39, 0.29) is 18.5 Å². The van der Waals surface area contributed by atoms with E-state index in [2.05, 4.69) is 9.97 Å². The topological polar surface area (TPSA) is 61.0 Å². The largest absolute Gasteiger partial charge is 0.460 e.